The first kappa shape index (κ1) is 9.88. The second kappa shape index (κ2) is 2.86. The van der Waals surface area contributed by atoms with Crippen LogP contribution in [0.1, 0.15) is 27.7 Å². The van der Waals surface area contributed by atoms with Gasteiger partial charge in [-0.1, -0.05) is 0 Å². The summed E-state index contributed by atoms with van der Waals surface area (Å²) in [7, 11) is 0. The Labute approximate surface area is 62.2 Å². The third-order valence-electron chi connectivity index (χ3n) is 0.797. The third-order valence-corrected chi connectivity index (χ3v) is 0.797. The second-order valence-electron chi connectivity index (χ2n) is 3.72. The van der Waals surface area contributed by atoms with Crippen molar-refractivity contribution in [2.24, 2.45) is 5.73 Å². The van der Waals surface area contributed by atoms with Gasteiger partial charge in [-0.3, -0.25) is 0 Å². The molecule has 62 valence electrons. The predicted octanol–water partition coefficient (Wildman–Crippen LogP) is 0.469. The van der Waals surface area contributed by atoms with Crippen molar-refractivity contribution in [3.05, 3.63) is 0 Å². The minimum absolute atomic E-state index is 0.358. The Kier molecular flexibility index (Phi) is 2.83. The predicted molar refractivity (Wildman–Crippen MR) is 40.5 cm³/mol. The van der Waals surface area contributed by atoms with Crippen LogP contribution in [0.25, 0.3) is 0 Å². The van der Waals surface area contributed by atoms with E-state index in [1.54, 1.807) is 13.8 Å². The van der Waals surface area contributed by atoms with Gasteiger partial charge in [-0.25, -0.2) is 0 Å². The molecule has 0 saturated carbocycles. The van der Waals surface area contributed by atoms with Crippen molar-refractivity contribution >= 4 is 0 Å². The van der Waals surface area contributed by atoms with Crippen LogP contribution in [0.4, 0.5) is 0 Å². The van der Waals surface area contributed by atoms with Gasteiger partial charge in [0.15, 0.2) is 5.79 Å². The van der Waals surface area contributed by atoms with Gasteiger partial charge in [0.2, 0.25) is 0 Å². The molecule has 0 fully saturated rings. The molecule has 3 N–H and O–H groups in total. The maximum atomic E-state index is 9.10. The first-order valence-corrected chi connectivity index (χ1v) is 3.36. The SMILES string of the molecule is CC(C)(N)COC(C)(C)O. The van der Waals surface area contributed by atoms with Crippen LogP contribution in [0.15, 0.2) is 0 Å². The molecule has 0 aliphatic heterocycles. The highest BCUT2D eigenvalue weighted by molar-refractivity contribution is 4.71. The smallest absolute Gasteiger partial charge is 0.159 e. The molecule has 0 bridgehead atoms. The van der Waals surface area contributed by atoms with Gasteiger partial charge in [0.05, 0.1) is 6.61 Å². The second-order valence-corrected chi connectivity index (χ2v) is 3.72. The summed E-state index contributed by atoms with van der Waals surface area (Å²) in [5.74, 6) is -1.07. The molecule has 0 saturated heterocycles. The van der Waals surface area contributed by atoms with Crippen molar-refractivity contribution < 1.29 is 9.84 Å². The highest BCUT2D eigenvalue weighted by Gasteiger charge is 2.18. The Morgan fingerprint density at radius 2 is 1.70 bits per heavy atom. The van der Waals surface area contributed by atoms with Crippen molar-refractivity contribution in [2.45, 2.75) is 39.0 Å². The quantitative estimate of drug-likeness (QED) is 0.570. The van der Waals surface area contributed by atoms with Crippen molar-refractivity contribution in [1.82, 2.24) is 0 Å². The molecule has 0 heterocycles. The molecule has 3 heteroatoms. The highest BCUT2D eigenvalue weighted by atomic mass is 16.6. The summed E-state index contributed by atoms with van der Waals surface area (Å²) in [6.07, 6.45) is 0. The van der Waals surface area contributed by atoms with E-state index in [0.717, 1.165) is 0 Å². The fourth-order valence-electron chi connectivity index (χ4n) is 0.363. The maximum absolute atomic E-state index is 9.10. The Bertz CT molecular complexity index is 85.2. The summed E-state index contributed by atoms with van der Waals surface area (Å²) in [5, 5.41) is 9.10. The standard InChI is InChI=1S/C7H17NO2/c1-6(2,8)5-10-7(3,4)9/h9H,5,8H2,1-4H3. The Morgan fingerprint density at radius 1 is 1.30 bits per heavy atom. The lowest BCUT2D eigenvalue weighted by Crippen LogP contribution is -2.41. The molecule has 3 nitrogen and oxygen atoms in total. The lowest BCUT2D eigenvalue weighted by Gasteiger charge is -2.25. The number of aliphatic hydroxyl groups is 1. The molecule has 0 radical (unpaired) electrons. The summed E-state index contributed by atoms with van der Waals surface area (Å²) in [6, 6.07) is 0. The van der Waals surface area contributed by atoms with Crippen LogP contribution in [-0.2, 0) is 4.74 Å². The molecule has 0 aromatic heterocycles. The topological polar surface area (TPSA) is 55.5 Å². The van der Waals surface area contributed by atoms with Gasteiger partial charge < -0.3 is 15.6 Å². The lowest BCUT2D eigenvalue weighted by molar-refractivity contribution is -0.183. The van der Waals surface area contributed by atoms with Gasteiger partial charge in [0.25, 0.3) is 0 Å². The summed E-state index contributed by atoms with van der Waals surface area (Å²) >= 11 is 0. The summed E-state index contributed by atoms with van der Waals surface area (Å²) in [4.78, 5) is 0. The average Bonchev–Trinajstić information content (AvgIpc) is 1.57. The van der Waals surface area contributed by atoms with Gasteiger partial charge in [0.1, 0.15) is 0 Å². The van der Waals surface area contributed by atoms with E-state index in [-0.39, 0.29) is 5.54 Å². The summed E-state index contributed by atoms with van der Waals surface area (Å²) in [5.41, 5.74) is 5.23. The van der Waals surface area contributed by atoms with Gasteiger partial charge in [0, 0.05) is 5.54 Å². The van der Waals surface area contributed by atoms with Crippen LogP contribution < -0.4 is 5.73 Å². The van der Waals surface area contributed by atoms with Crippen LogP contribution in [0, 0.1) is 0 Å². The normalized spacial score (nSPS) is 13.8. The third kappa shape index (κ3) is 7.88. The molecular weight excluding hydrogens is 130 g/mol. The van der Waals surface area contributed by atoms with E-state index in [0.29, 0.717) is 6.61 Å². The van der Waals surface area contributed by atoms with E-state index in [1.165, 1.54) is 0 Å². The minimum atomic E-state index is -1.07. The molecular formula is C7H17NO2. The monoisotopic (exact) mass is 147 g/mol. The van der Waals surface area contributed by atoms with E-state index in [4.69, 9.17) is 15.6 Å². The number of nitrogens with two attached hydrogens (primary N) is 1. The van der Waals surface area contributed by atoms with Crippen molar-refractivity contribution in [2.75, 3.05) is 6.61 Å². The molecule has 0 atom stereocenters. The largest absolute Gasteiger partial charge is 0.366 e. The zero-order chi connectivity index (χ0) is 8.41. The van der Waals surface area contributed by atoms with Crippen LogP contribution in [0.5, 0.6) is 0 Å². The number of rotatable bonds is 3. The Balaban J connectivity index is 3.56. The highest BCUT2D eigenvalue weighted by Crippen LogP contribution is 2.07. The lowest BCUT2D eigenvalue weighted by atomic mass is 10.1. The van der Waals surface area contributed by atoms with E-state index >= 15 is 0 Å². The van der Waals surface area contributed by atoms with Gasteiger partial charge in [-0.2, -0.15) is 0 Å². The van der Waals surface area contributed by atoms with Crippen LogP contribution >= 0.6 is 0 Å². The molecule has 10 heavy (non-hydrogen) atoms. The zero-order valence-electron chi connectivity index (χ0n) is 7.14. The Morgan fingerprint density at radius 3 is 1.80 bits per heavy atom. The van der Waals surface area contributed by atoms with E-state index in [1.807, 2.05) is 13.8 Å². The zero-order valence-corrected chi connectivity index (χ0v) is 7.14. The fraction of sp³-hybridized carbons (Fsp3) is 1.00. The number of hydrogen-bond donors (Lipinski definition) is 2. The Hall–Kier alpha value is -0.120. The summed E-state index contributed by atoms with van der Waals surface area (Å²) in [6.45, 7) is 7.21. The maximum Gasteiger partial charge on any atom is 0.159 e. The van der Waals surface area contributed by atoms with Crippen LogP contribution in [0.3, 0.4) is 0 Å². The van der Waals surface area contributed by atoms with Gasteiger partial charge in [-0.15, -0.1) is 0 Å². The first-order valence-electron chi connectivity index (χ1n) is 3.36. The fourth-order valence-corrected chi connectivity index (χ4v) is 0.363. The van der Waals surface area contributed by atoms with Gasteiger partial charge >= 0.3 is 0 Å². The van der Waals surface area contributed by atoms with Crippen LogP contribution in [0.2, 0.25) is 0 Å². The number of hydrogen-bond acceptors (Lipinski definition) is 3. The van der Waals surface area contributed by atoms with Crippen LogP contribution in [-0.4, -0.2) is 23.0 Å². The van der Waals surface area contributed by atoms with E-state index in [9.17, 15) is 0 Å². The first-order chi connectivity index (χ1) is 4.21. The molecule has 0 unspecified atom stereocenters. The van der Waals surface area contributed by atoms with E-state index < -0.39 is 5.79 Å². The minimum Gasteiger partial charge on any atom is -0.366 e. The molecule has 0 aliphatic carbocycles. The van der Waals surface area contributed by atoms with Crippen molar-refractivity contribution in [3.63, 3.8) is 0 Å². The van der Waals surface area contributed by atoms with Crippen molar-refractivity contribution in [3.8, 4) is 0 Å². The molecule has 0 aromatic carbocycles. The summed E-state index contributed by atoms with van der Waals surface area (Å²) < 4.78 is 5.02. The number of ether oxygens (including phenoxy) is 1. The van der Waals surface area contributed by atoms with E-state index in [2.05, 4.69) is 0 Å². The molecule has 0 aromatic rings. The average molecular weight is 147 g/mol. The molecule has 0 spiro atoms. The molecule has 0 rings (SSSR count). The molecule has 0 amide bonds. The van der Waals surface area contributed by atoms with Crippen molar-refractivity contribution in [1.29, 1.82) is 0 Å². The van der Waals surface area contributed by atoms with Gasteiger partial charge in [-0.05, 0) is 27.7 Å². The molecule has 0 aliphatic rings.